The van der Waals surface area contributed by atoms with E-state index in [9.17, 15) is 26.3 Å². The summed E-state index contributed by atoms with van der Waals surface area (Å²) in [6.45, 7) is 6.90. The first kappa shape index (κ1) is 65.1. The van der Waals surface area contributed by atoms with Crippen molar-refractivity contribution >= 4 is 75.8 Å². The number of halogens is 6. The van der Waals surface area contributed by atoms with Crippen molar-refractivity contribution in [2.24, 2.45) is 5.41 Å². The van der Waals surface area contributed by atoms with Gasteiger partial charge in [-0.2, -0.15) is 42.1 Å². The van der Waals surface area contributed by atoms with E-state index in [1.165, 1.54) is 52.6 Å². The third-order valence-corrected chi connectivity index (χ3v) is 18.5. The molecule has 0 N–H and O–H groups in total. The van der Waals surface area contributed by atoms with Crippen LogP contribution in [0, 0.1) is 39.4 Å². The Hall–Kier alpha value is -4.90. The molecule has 6 aromatic rings. The SMILES string of the molecule is CC#N.CC#N.CC#N.CC(CP(c1ccccc1)c1ccccc1)(CP(c1ccccc1)c1ccccc1)CP(c1ccccc1)c1ccccc1.O=S(=O)([O-])C(F)(F)F.O=S(=O)([O-])C(F)(F)F.[Ru+2]. The van der Waals surface area contributed by atoms with Gasteiger partial charge in [0.25, 0.3) is 0 Å². The predicted octanol–water partition coefficient (Wildman–Crippen LogP) is 10.1. The van der Waals surface area contributed by atoms with Gasteiger partial charge in [0.2, 0.25) is 0 Å². The van der Waals surface area contributed by atoms with Crippen LogP contribution in [0.2, 0.25) is 0 Å². The normalized spacial score (nSPS) is 10.9. The van der Waals surface area contributed by atoms with E-state index in [0.29, 0.717) is 0 Å². The molecule has 0 aliphatic carbocycles. The fourth-order valence-electron chi connectivity index (χ4n) is 5.94. The second-order valence-electron chi connectivity index (χ2n) is 14.1. The van der Waals surface area contributed by atoms with Gasteiger partial charge < -0.3 is 9.11 Å². The Morgan fingerprint density at radius 2 is 0.514 bits per heavy atom. The summed E-state index contributed by atoms with van der Waals surface area (Å²) in [7, 11) is -13.8. The van der Waals surface area contributed by atoms with Crippen molar-refractivity contribution in [3.63, 3.8) is 0 Å². The third kappa shape index (κ3) is 24.3. The maximum atomic E-state index is 10.7. The number of rotatable bonds is 12. The molecule has 6 rings (SSSR count). The zero-order valence-corrected chi connectivity index (χ0v) is 44.1. The van der Waals surface area contributed by atoms with E-state index in [0.717, 1.165) is 18.5 Å². The smallest absolute Gasteiger partial charge is 0.741 e. The number of benzene rings is 6. The Kier molecular flexibility index (Phi) is 30.6. The molecule has 0 radical (unpaired) electrons. The monoisotopic (exact) mass is 1150 g/mol. The fourth-order valence-corrected chi connectivity index (χ4v) is 14.6. The van der Waals surface area contributed by atoms with Crippen LogP contribution in [0.5, 0.6) is 0 Å². The van der Waals surface area contributed by atoms with Crippen molar-refractivity contribution in [3.05, 3.63) is 182 Å². The average molecular weight is 1150 g/mol. The topological polar surface area (TPSA) is 186 Å². The van der Waals surface area contributed by atoms with Crippen LogP contribution >= 0.6 is 23.8 Å². The van der Waals surface area contributed by atoms with Crippen LogP contribution in [-0.2, 0) is 39.7 Å². The van der Waals surface area contributed by atoms with Crippen molar-refractivity contribution in [2.75, 3.05) is 18.5 Å². The molecule has 0 aliphatic rings. The van der Waals surface area contributed by atoms with E-state index in [2.05, 4.69) is 189 Å². The molecular formula is C49H48F6N3O6P3RuS2. The van der Waals surface area contributed by atoms with E-state index in [4.69, 9.17) is 41.7 Å². The van der Waals surface area contributed by atoms with Gasteiger partial charge in [0, 0.05) is 20.8 Å². The van der Waals surface area contributed by atoms with Gasteiger partial charge in [0.15, 0.2) is 20.2 Å². The number of hydrogen-bond donors (Lipinski definition) is 0. The number of nitriles is 3. The summed E-state index contributed by atoms with van der Waals surface area (Å²) < 4.78 is 118. The summed E-state index contributed by atoms with van der Waals surface area (Å²) in [6.07, 6.45) is 3.44. The van der Waals surface area contributed by atoms with Crippen LogP contribution in [0.3, 0.4) is 0 Å². The van der Waals surface area contributed by atoms with Crippen LogP contribution in [-0.4, -0.2) is 55.4 Å². The first-order valence-corrected chi connectivity index (χ1v) is 27.4. The van der Waals surface area contributed by atoms with Gasteiger partial charge in [0.05, 0.1) is 18.2 Å². The molecular weight excluding hydrogens is 1100 g/mol. The Morgan fingerprint density at radius 1 is 0.400 bits per heavy atom. The predicted molar refractivity (Wildman–Crippen MR) is 265 cm³/mol. The van der Waals surface area contributed by atoms with Crippen molar-refractivity contribution < 1.29 is 71.8 Å². The molecule has 0 amide bonds. The molecule has 70 heavy (non-hydrogen) atoms. The van der Waals surface area contributed by atoms with E-state index in [1.54, 1.807) is 18.2 Å². The summed E-state index contributed by atoms with van der Waals surface area (Å²) in [6, 6.07) is 73.0. The van der Waals surface area contributed by atoms with Gasteiger partial charge in [0.1, 0.15) is 0 Å². The minimum Gasteiger partial charge on any atom is -0.741 e. The van der Waals surface area contributed by atoms with E-state index in [-0.39, 0.29) is 24.9 Å². The zero-order valence-electron chi connectivity index (χ0n) is 38.0. The third-order valence-electron chi connectivity index (χ3n) is 8.59. The Labute approximate surface area is 423 Å². The molecule has 0 fully saturated rings. The molecule has 0 aromatic heterocycles. The molecule has 0 saturated heterocycles. The van der Waals surface area contributed by atoms with Crippen molar-refractivity contribution in [2.45, 2.75) is 38.7 Å². The standard InChI is InChI=1S/C41H39P3.3C2H3N.2CHF3O3S.Ru/c1-41(32-42(35-20-8-2-9-21-35)36-22-10-3-11-23-36,33-43(37-24-12-4-13-25-37)38-26-14-5-15-27-38)34-44(39-28-16-6-17-29-39)40-30-18-7-19-31-40;3*1-2-3;2*2-1(3,4)8(5,6)7;/h2-31H,32-34H2,1H3;3*1H3;2*(H,5,6,7);/q;;;;;;+2/p-2. The van der Waals surface area contributed by atoms with Gasteiger partial charge in [-0.25, -0.2) is 16.8 Å². The van der Waals surface area contributed by atoms with Gasteiger partial charge in [-0.15, -0.1) is 0 Å². The molecule has 372 valence electrons. The first-order valence-electron chi connectivity index (χ1n) is 20.0. The summed E-state index contributed by atoms with van der Waals surface area (Å²) in [5.74, 6) is 0. The summed E-state index contributed by atoms with van der Waals surface area (Å²) in [4.78, 5) is 0. The van der Waals surface area contributed by atoms with Gasteiger partial charge in [-0.1, -0.05) is 189 Å². The maximum absolute atomic E-state index is 10.7. The van der Waals surface area contributed by atoms with Crippen LogP contribution in [0.15, 0.2) is 182 Å². The van der Waals surface area contributed by atoms with Crippen LogP contribution in [0.25, 0.3) is 0 Å². The summed E-state index contributed by atoms with van der Waals surface area (Å²) in [5, 5.41) is 30.7. The second kappa shape index (κ2) is 32.9. The van der Waals surface area contributed by atoms with Crippen LogP contribution in [0.1, 0.15) is 27.7 Å². The van der Waals surface area contributed by atoms with Gasteiger partial charge >= 0.3 is 30.5 Å². The molecule has 21 heteroatoms. The Balaban J connectivity index is 0.00000152. The molecule has 0 saturated carbocycles. The number of hydrogen-bond acceptors (Lipinski definition) is 9. The molecule has 0 aliphatic heterocycles. The van der Waals surface area contributed by atoms with Crippen molar-refractivity contribution in [1.82, 2.24) is 0 Å². The summed E-state index contributed by atoms with van der Waals surface area (Å²) >= 11 is 0. The minimum absolute atomic E-state index is 0. The van der Waals surface area contributed by atoms with E-state index >= 15 is 0 Å². The minimum atomic E-state index is -6.09. The molecule has 0 heterocycles. The molecule has 0 spiro atoms. The van der Waals surface area contributed by atoms with E-state index in [1.807, 2.05) is 0 Å². The average Bonchev–Trinajstić information content (AvgIpc) is 3.31. The van der Waals surface area contributed by atoms with Gasteiger partial charge in [-0.05, 0) is 79.5 Å². The first-order chi connectivity index (χ1) is 32.4. The number of nitrogens with zero attached hydrogens (tertiary/aromatic N) is 3. The number of alkyl halides is 6. The molecule has 6 aromatic carbocycles. The van der Waals surface area contributed by atoms with Crippen LogP contribution < -0.4 is 31.8 Å². The van der Waals surface area contributed by atoms with Crippen LogP contribution in [0.4, 0.5) is 26.3 Å². The largest absolute Gasteiger partial charge is 2.00 e. The second-order valence-corrected chi connectivity index (χ2v) is 23.4. The Bertz CT molecular complexity index is 2330. The fraction of sp³-hybridized carbons (Fsp3) is 0.204. The Morgan fingerprint density at radius 3 is 0.614 bits per heavy atom. The molecule has 9 nitrogen and oxygen atoms in total. The van der Waals surface area contributed by atoms with Gasteiger partial charge in [-0.3, -0.25) is 0 Å². The molecule has 0 bridgehead atoms. The van der Waals surface area contributed by atoms with Crippen molar-refractivity contribution in [3.8, 4) is 18.2 Å². The molecule has 0 atom stereocenters. The maximum Gasteiger partial charge on any atom is 2.00 e. The quantitative estimate of drug-likeness (QED) is 0.0378. The van der Waals surface area contributed by atoms with Crippen molar-refractivity contribution in [1.29, 1.82) is 15.8 Å². The summed E-state index contributed by atoms with van der Waals surface area (Å²) in [5.41, 5.74) is -11.2. The zero-order chi connectivity index (χ0) is 52.2. The van der Waals surface area contributed by atoms with E-state index < -0.39 is 55.0 Å². The molecule has 0 unspecified atom stereocenters.